The fourth-order valence-electron chi connectivity index (χ4n) is 4.72. The van der Waals surface area contributed by atoms with Crippen LogP contribution in [0.15, 0.2) is 83.8 Å². The normalized spacial score (nSPS) is 14.5. The van der Waals surface area contributed by atoms with Crippen molar-refractivity contribution in [2.75, 3.05) is 46.6 Å². The number of hydrogen-bond donors (Lipinski definition) is 1. The predicted molar refractivity (Wildman–Crippen MR) is 162 cm³/mol. The Balaban J connectivity index is 1.54. The second-order valence-electron chi connectivity index (χ2n) is 10.1. The largest absolute Gasteiger partial charge is 0.497 e. The third-order valence-corrected chi connectivity index (χ3v) is 9.04. The highest BCUT2D eigenvalue weighted by molar-refractivity contribution is 7.89. The number of carbonyl (C=O) groups excluding carboxylic acids is 2. The molecule has 3 aromatic carbocycles. The van der Waals surface area contributed by atoms with Gasteiger partial charge in [-0.15, -0.1) is 0 Å². The standard InChI is InChI=1S/C32H39N3O7S/c1-3-17-33-32(37)30(22-25-7-5-4-6-8-25)35(23-26-9-11-27(40-2)12-10-26)31(36)24-42-28-13-15-29(16-14-28)43(38,39)34-18-20-41-21-19-34/h4-16,30H,3,17-24H2,1-2H3,(H,33,37)/t30-/m1/s1. The van der Waals surface area contributed by atoms with Crippen LogP contribution in [0, 0.1) is 0 Å². The van der Waals surface area contributed by atoms with E-state index >= 15 is 0 Å². The number of methoxy groups -OCH3 is 1. The number of rotatable bonds is 14. The topological polar surface area (TPSA) is 114 Å². The molecule has 0 aromatic heterocycles. The smallest absolute Gasteiger partial charge is 0.261 e. The third kappa shape index (κ3) is 8.79. The lowest BCUT2D eigenvalue weighted by atomic mass is 10.0. The van der Waals surface area contributed by atoms with E-state index in [1.165, 1.54) is 33.5 Å². The van der Waals surface area contributed by atoms with Crippen LogP contribution in [-0.2, 0) is 37.3 Å². The SMILES string of the molecule is CCCNC(=O)[C@@H](Cc1ccccc1)N(Cc1ccc(OC)cc1)C(=O)COc1ccc(S(=O)(=O)N2CCOCC2)cc1. The monoisotopic (exact) mass is 609 g/mol. The van der Waals surface area contributed by atoms with Gasteiger partial charge in [0.05, 0.1) is 25.2 Å². The molecule has 43 heavy (non-hydrogen) atoms. The molecular formula is C32H39N3O7S. The lowest BCUT2D eigenvalue weighted by molar-refractivity contribution is -0.142. The van der Waals surface area contributed by atoms with Crippen LogP contribution < -0.4 is 14.8 Å². The molecule has 0 spiro atoms. The first-order valence-electron chi connectivity index (χ1n) is 14.4. The predicted octanol–water partition coefficient (Wildman–Crippen LogP) is 3.26. The minimum atomic E-state index is -3.65. The van der Waals surface area contributed by atoms with Gasteiger partial charge in [-0.05, 0) is 53.9 Å². The summed E-state index contributed by atoms with van der Waals surface area (Å²) in [7, 11) is -2.07. The number of nitrogens with zero attached hydrogens (tertiary/aromatic N) is 2. The Labute approximate surface area is 253 Å². The molecule has 230 valence electrons. The Morgan fingerprint density at radius 1 is 0.930 bits per heavy atom. The second kappa shape index (κ2) is 15.5. The molecule has 1 aliphatic rings. The number of ether oxygens (including phenoxy) is 3. The van der Waals surface area contributed by atoms with E-state index in [-0.39, 0.29) is 29.9 Å². The summed E-state index contributed by atoms with van der Waals surface area (Å²) < 4.78 is 43.7. The van der Waals surface area contributed by atoms with E-state index in [4.69, 9.17) is 14.2 Å². The molecule has 1 aliphatic heterocycles. The number of amides is 2. The molecule has 0 saturated carbocycles. The van der Waals surface area contributed by atoms with Crippen molar-refractivity contribution in [3.05, 3.63) is 90.0 Å². The molecule has 11 heteroatoms. The molecule has 1 saturated heterocycles. The number of hydrogen-bond acceptors (Lipinski definition) is 7. The van der Waals surface area contributed by atoms with E-state index in [2.05, 4.69) is 5.32 Å². The van der Waals surface area contributed by atoms with Crippen molar-refractivity contribution in [3.63, 3.8) is 0 Å². The van der Waals surface area contributed by atoms with Crippen LogP contribution in [0.3, 0.4) is 0 Å². The Morgan fingerprint density at radius 2 is 1.58 bits per heavy atom. The second-order valence-corrected chi connectivity index (χ2v) is 12.1. The highest BCUT2D eigenvalue weighted by Crippen LogP contribution is 2.22. The van der Waals surface area contributed by atoms with Gasteiger partial charge in [0.2, 0.25) is 15.9 Å². The highest BCUT2D eigenvalue weighted by Gasteiger charge is 2.31. The number of nitrogens with one attached hydrogen (secondary N) is 1. The Kier molecular flexibility index (Phi) is 11.5. The first kappa shape index (κ1) is 32.0. The summed E-state index contributed by atoms with van der Waals surface area (Å²) in [6.45, 7) is 3.62. The van der Waals surface area contributed by atoms with Crippen LogP contribution in [0.4, 0.5) is 0 Å². The van der Waals surface area contributed by atoms with Gasteiger partial charge in [-0.1, -0.05) is 49.4 Å². The molecule has 10 nitrogen and oxygen atoms in total. The Bertz CT molecular complexity index is 1430. The van der Waals surface area contributed by atoms with Gasteiger partial charge in [0.15, 0.2) is 6.61 Å². The van der Waals surface area contributed by atoms with E-state index in [1.54, 1.807) is 7.11 Å². The van der Waals surface area contributed by atoms with Crippen molar-refractivity contribution < 1.29 is 32.2 Å². The summed E-state index contributed by atoms with van der Waals surface area (Å²) in [6.07, 6.45) is 1.09. The fourth-order valence-corrected chi connectivity index (χ4v) is 6.13. The number of morpholine rings is 1. The van der Waals surface area contributed by atoms with Gasteiger partial charge >= 0.3 is 0 Å². The molecular weight excluding hydrogens is 570 g/mol. The number of carbonyl (C=O) groups is 2. The molecule has 4 rings (SSSR count). The maximum atomic E-state index is 13.8. The Morgan fingerprint density at radius 3 is 2.21 bits per heavy atom. The Hall–Kier alpha value is -3.93. The maximum Gasteiger partial charge on any atom is 0.261 e. The van der Waals surface area contributed by atoms with Gasteiger partial charge in [-0.3, -0.25) is 9.59 Å². The molecule has 0 bridgehead atoms. The average Bonchev–Trinajstić information content (AvgIpc) is 3.05. The quantitative estimate of drug-likeness (QED) is 0.299. The van der Waals surface area contributed by atoms with Crippen LogP contribution in [0.5, 0.6) is 11.5 Å². The first-order chi connectivity index (χ1) is 20.8. The van der Waals surface area contributed by atoms with Crippen LogP contribution in [-0.4, -0.2) is 82.0 Å². The molecule has 1 atom stereocenters. The molecule has 3 aromatic rings. The summed E-state index contributed by atoms with van der Waals surface area (Å²) in [5.41, 5.74) is 1.75. The zero-order valence-corrected chi connectivity index (χ0v) is 25.4. The summed E-state index contributed by atoms with van der Waals surface area (Å²) in [6, 6.07) is 22.1. The van der Waals surface area contributed by atoms with Crippen molar-refractivity contribution >= 4 is 21.8 Å². The summed E-state index contributed by atoms with van der Waals surface area (Å²) in [4.78, 5) is 28.9. The van der Waals surface area contributed by atoms with Gasteiger partial charge < -0.3 is 24.4 Å². The zero-order chi connectivity index (χ0) is 30.7. The molecule has 1 heterocycles. The minimum Gasteiger partial charge on any atom is -0.497 e. The lowest BCUT2D eigenvalue weighted by Gasteiger charge is -2.31. The van der Waals surface area contributed by atoms with E-state index in [0.29, 0.717) is 50.8 Å². The highest BCUT2D eigenvalue weighted by atomic mass is 32.2. The minimum absolute atomic E-state index is 0.143. The molecule has 0 aliphatic carbocycles. The summed E-state index contributed by atoms with van der Waals surface area (Å²) >= 11 is 0. The van der Waals surface area contributed by atoms with Gasteiger partial charge in [0.25, 0.3) is 5.91 Å². The van der Waals surface area contributed by atoms with Crippen LogP contribution in [0.25, 0.3) is 0 Å². The van der Waals surface area contributed by atoms with Crippen molar-refractivity contribution in [1.82, 2.24) is 14.5 Å². The first-order valence-corrected chi connectivity index (χ1v) is 15.8. The third-order valence-electron chi connectivity index (χ3n) is 7.13. The average molecular weight is 610 g/mol. The van der Waals surface area contributed by atoms with E-state index < -0.39 is 16.1 Å². The van der Waals surface area contributed by atoms with Crippen LogP contribution in [0.2, 0.25) is 0 Å². The number of benzene rings is 3. The van der Waals surface area contributed by atoms with Crippen molar-refractivity contribution in [3.8, 4) is 11.5 Å². The molecule has 1 fully saturated rings. The maximum absolute atomic E-state index is 13.8. The van der Waals surface area contributed by atoms with Gasteiger partial charge in [0.1, 0.15) is 17.5 Å². The number of sulfonamides is 1. The molecule has 0 unspecified atom stereocenters. The van der Waals surface area contributed by atoms with E-state index in [0.717, 1.165) is 17.5 Å². The van der Waals surface area contributed by atoms with Crippen molar-refractivity contribution in [1.29, 1.82) is 0 Å². The van der Waals surface area contributed by atoms with Gasteiger partial charge in [0, 0.05) is 32.6 Å². The molecule has 1 N–H and O–H groups in total. The van der Waals surface area contributed by atoms with E-state index in [1.807, 2.05) is 61.5 Å². The molecule has 2 amide bonds. The van der Waals surface area contributed by atoms with Gasteiger partial charge in [-0.25, -0.2) is 8.42 Å². The van der Waals surface area contributed by atoms with E-state index in [9.17, 15) is 18.0 Å². The fraction of sp³-hybridized carbons (Fsp3) is 0.375. The molecule has 0 radical (unpaired) electrons. The van der Waals surface area contributed by atoms with Crippen LogP contribution in [0.1, 0.15) is 24.5 Å². The van der Waals surface area contributed by atoms with Crippen molar-refractivity contribution in [2.24, 2.45) is 0 Å². The van der Waals surface area contributed by atoms with Crippen LogP contribution >= 0.6 is 0 Å². The van der Waals surface area contributed by atoms with Gasteiger partial charge in [-0.2, -0.15) is 4.31 Å². The summed E-state index contributed by atoms with van der Waals surface area (Å²) in [5.74, 6) is 0.401. The summed E-state index contributed by atoms with van der Waals surface area (Å²) in [5, 5.41) is 2.95. The van der Waals surface area contributed by atoms with Crippen molar-refractivity contribution in [2.45, 2.75) is 37.2 Å². The zero-order valence-electron chi connectivity index (χ0n) is 24.6. The lowest BCUT2D eigenvalue weighted by Crippen LogP contribution is -2.51.